The number of likely N-dealkylation sites (N-methyl/N-ethyl adjacent to an activating group) is 1. The predicted molar refractivity (Wildman–Crippen MR) is 109 cm³/mol. The molecule has 6 nitrogen and oxygen atoms in total. The van der Waals surface area contributed by atoms with Gasteiger partial charge >= 0.3 is 0 Å². The number of hydrogen-bond acceptors (Lipinski definition) is 6. The minimum Gasteiger partial charge on any atom is -0.497 e. The highest BCUT2D eigenvalue weighted by Crippen LogP contribution is 2.40. The number of methoxy groups -OCH3 is 1. The van der Waals surface area contributed by atoms with Gasteiger partial charge in [-0.05, 0) is 56.0 Å². The van der Waals surface area contributed by atoms with E-state index in [1.54, 1.807) is 24.8 Å². The molecule has 1 amide bonds. The van der Waals surface area contributed by atoms with Crippen LogP contribution in [0.3, 0.4) is 0 Å². The molecule has 0 radical (unpaired) electrons. The molecule has 140 valence electrons. The third-order valence-electron chi connectivity index (χ3n) is 4.87. The summed E-state index contributed by atoms with van der Waals surface area (Å²) in [6, 6.07) is 7.33. The van der Waals surface area contributed by atoms with Crippen molar-refractivity contribution in [1.29, 1.82) is 0 Å². The third-order valence-corrected chi connectivity index (χ3v) is 6.07. The second-order valence-corrected chi connectivity index (χ2v) is 7.61. The Morgan fingerprint density at radius 1 is 1.26 bits per heavy atom. The van der Waals surface area contributed by atoms with Crippen LogP contribution < -0.4 is 15.0 Å². The number of amides is 1. The molecule has 0 aliphatic heterocycles. The van der Waals surface area contributed by atoms with Crippen LogP contribution in [-0.2, 0) is 17.6 Å². The normalized spacial score (nSPS) is 12.8. The topological polar surface area (TPSA) is 67.4 Å². The van der Waals surface area contributed by atoms with Gasteiger partial charge in [0.2, 0.25) is 5.91 Å². The van der Waals surface area contributed by atoms with Gasteiger partial charge in [0, 0.05) is 17.1 Å². The molecule has 1 aliphatic rings. The van der Waals surface area contributed by atoms with E-state index in [1.807, 2.05) is 36.1 Å². The van der Waals surface area contributed by atoms with Crippen LogP contribution in [0.2, 0.25) is 0 Å². The fraction of sp³-hybridized carbons (Fsp3) is 0.350. The fourth-order valence-corrected chi connectivity index (χ4v) is 4.76. The van der Waals surface area contributed by atoms with Crippen molar-refractivity contribution in [2.75, 3.05) is 30.4 Å². The molecular formula is C20H22N4O2S. The van der Waals surface area contributed by atoms with Crippen LogP contribution in [0.5, 0.6) is 5.75 Å². The van der Waals surface area contributed by atoms with Crippen LogP contribution in [-0.4, -0.2) is 36.1 Å². The number of anilines is 2. The van der Waals surface area contributed by atoms with Crippen LogP contribution in [0, 0.1) is 0 Å². The molecule has 2 aromatic heterocycles. The molecule has 4 rings (SSSR count). The lowest BCUT2D eigenvalue weighted by Crippen LogP contribution is -2.33. The molecule has 3 aromatic rings. The van der Waals surface area contributed by atoms with Crippen LogP contribution in [0.15, 0.2) is 30.6 Å². The fourth-order valence-electron chi connectivity index (χ4n) is 3.54. The first kappa shape index (κ1) is 17.7. The highest BCUT2D eigenvalue weighted by Gasteiger charge is 2.24. The summed E-state index contributed by atoms with van der Waals surface area (Å²) in [5.74, 6) is 1.56. The van der Waals surface area contributed by atoms with Gasteiger partial charge in [-0.1, -0.05) is 0 Å². The minimum absolute atomic E-state index is 0.0688. The summed E-state index contributed by atoms with van der Waals surface area (Å²) >= 11 is 1.76. The lowest BCUT2D eigenvalue weighted by molar-refractivity contribution is -0.115. The van der Waals surface area contributed by atoms with Crippen molar-refractivity contribution in [2.24, 2.45) is 0 Å². The molecule has 27 heavy (non-hydrogen) atoms. The molecule has 0 fully saturated rings. The number of ether oxygens (including phenoxy) is 1. The first-order chi connectivity index (χ1) is 13.2. The van der Waals surface area contributed by atoms with E-state index in [2.05, 4.69) is 15.3 Å². The lowest BCUT2D eigenvalue weighted by atomic mass is 10.2. The summed E-state index contributed by atoms with van der Waals surface area (Å²) in [5.41, 5.74) is 2.13. The number of carbonyl (C=O) groups excluding carboxylic acids is 1. The van der Waals surface area contributed by atoms with Gasteiger partial charge < -0.3 is 15.0 Å². The standard InChI is InChI=1S/C20H22N4O2S/c1-3-24(11-17(25)23-13-7-9-14(26-2)10-8-13)19-18-15-5-4-6-16(15)27-20(18)22-12-21-19/h7-10,12H,3-6,11H2,1-2H3,(H,23,25). The molecular weight excluding hydrogens is 360 g/mol. The maximum absolute atomic E-state index is 12.6. The Labute approximate surface area is 162 Å². The van der Waals surface area contributed by atoms with Crippen molar-refractivity contribution in [3.63, 3.8) is 0 Å². The van der Waals surface area contributed by atoms with E-state index in [0.29, 0.717) is 6.54 Å². The average Bonchev–Trinajstić information content (AvgIpc) is 3.27. The monoisotopic (exact) mass is 382 g/mol. The molecule has 1 aliphatic carbocycles. The molecule has 7 heteroatoms. The Balaban J connectivity index is 1.55. The molecule has 0 spiro atoms. The summed E-state index contributed by atoms with van der Waals surface area (Å²) in [5, 5.41) is 4.08. The van der Waals surface area contributed by atoms with Crippen molar-refractivity contribution < 1.29 is 9.53 Å². The quantitative estimate of drug-likeness (QED) is 0.705. The van der Waals surface area contributed by atoms with Gasteiger partial charge in [0.05, 0.1) is 19.0 Å². The number of benzene rings is 1. The van der Waals surface area contributed by atoms with Crippen molar-refractivity contribution in [3.8, 4) is 5.75 Å². The second-order valence-electron chi connectivity index (χ2n) is 6.53. The lowest BCUT2D eigenvalue weighted by Gasteiger charge is -2.22. The number of aromatic nitrogens is 2. The molecule has 0 atom stereocenters. The highest BCUT2D eigenvalue weighted by molar-refractivity contribution is 7.19. The molecule has 0 bridgehead atoms. The summed E-state index contributed by atoms with van der Waals surface area (Å²) in [6.07, 6.45) is 4.99. The SMILES string of the molecule is CCN(CC(=O)Nc1ccc(OC)cc1)c1ncnc2sc3c(c12)CCC3. The average molecular weight is 382 g/mol. The van der Waals surface area contributed by atoms with Gasteiger partial charge in [-0.15, -0.1) is 11.3 Å². The zero-order chi connectivity index (χ0) is 18.8. The van der Waals surface area contributed by atoms with E-state index < -0.39 is 0 Å². The van der Waals surface area contributed by atoms with E-state index in [0.717, 1.165) is 40.3 Å². The van der Waals surface area contributed by atoms with Crippen LogP contribution in [0.25, 0.3) is 10.2 Å². The van der Waals surface area contributed by atoms with Gasteiger partial charge in [0.1, 0.15) is 22.7 Å². The van der Waals surface area contributed by atoms with Gasteiger partial charge in [0.25, 0.3) is 0 Å². The smallest absolute Gasteiger partial charge is 0.243 e. The van der Waals surface area contributed by atoms with Crippen LogP contribution in [0.4, 0.5) is 11.5 Å². The van der Waals surface area contributed by atoms with Crippen molar-refractivity contribution in [2.45, 2.75) is 26.2 Å². The number of aryl methyl sites for hydroxylation is 2. The predicted octanol–water partition coefficient (Wildman–Crippen LogP) is 3.65. The summed E-state index contributed by atoms with van der Waals surface area (Å²) < 4.78 is 5.15. The Hall–Kier alpha value is -2.67. The minimum atomic E-state index is -0.0688. The number of rotatable bonds is 6. The summed E-state index contributed by atoms with van der Waals surface area (Å²) in [6.45, 7) is 2.99. The summed E-state index contributed by atoms with van der Waals surface area (Å²) in [4.78, 5) is 26.1. The van der Waals surface area contributed by atoms with Crippen molar-refractivity contribution in [3.05, 3.63) is 41.0 Å². The Morgan fingerprint density at radius 3 is 2.81 bits per heavy atom. The maximum atomic E-state index is 12.6. The second kappa shape index (κ2) is 7.52. The molecule has 2 heterocycles. The van der Waals surface area contributed by atoms with E-state index in [-0.39, 0.29) is 12.5 Å². The zero-order valence-electron chi connectivity index (χ0n) is 15.5. The molecule has 1 N–H and O–H groups in total. The molecule has 1 aromatic carbocycles. The van der Waals surface area contributed by atoms with Crippen LogP contribution in [0.1, 0.15) is 23.8 Å². The largest absolute Gasteiger partial charge is 0.497 e. The number of nitrogens with one attached hydrogen (secondary N) is 1. The Morgan fingerprint density at radius 2 is 2.07 bits per heavy atom. The van der Waals surface area contributed by atoms with Gasteiger partial charge in [-0.3, -0.25) is 4.79 Å². The zero-order valence-corrected chi connectivity index (χ0v) is 16.3. The van der Waals surface area contributed by atoms with Crippen LogP contribution >= 0.6 is 11.3 Å². The van der Waals surface area contributed by atoms with E-state index >= 15 is 0 Å². The maximum Gasteiger partial charge on any atom is 0.243 e. The Kier molecular flexibility index (Phi) is 4.94. The Bertz CT molecular complexity index is 968. The molecule has 0 saturated heterocycles. The number of nitrogens with zero attached hydrogens (tertiary/aromatic N) is 3. The number of thiophene rings is 1. The summed E-state index contributed by atoms with van der Waals surface area (Å²) in [7, 11) is 1.62. The third kappa shape index (κ3) is 3.47. The first-order valence-electron chi connectivity index (χ1n) is 9.13. The molecule has 0 unspecified atom stereocenters. The highest BCUT2D eigenvalue weighted by atomic mass is 32.1. The van der Waals surface area contributed by atoms with Gasteiger partial charge in [0.15, 0.2) is 0 Å². The van der Waals surface area contributed by atoms with Gasteiger partial charge in [-0.2, -0.15) is 0 Å². The van der Waals surface area contributed by atoms with E-state index in [9.17, 15) is 4.79 Å². The number of fused-ring (bicyclic) bond motifs is 3. The number of hydrogen-bond donors (Lipinski definition) is 1. The van der Waals surface area contributed by atoms with Crippen molar-refractivity contribution in [1.82, 2.24) is 9.97 Å². The number of carbonyl (C=O) groups is 1. The first-order valence-corrected chi connectivity index (χ1v) is 9.95. The molecule has 0 saturated carbocycles. The van der Waals surface area contributed by atoms with Gasteiger partial charge in [-0.25, -0.2) is 9.97 Å². The van der Waals surface area contributed by atoms with E-state index in [4.69, 9.17) is 4.74 Å². The van der Waals surface area contributed by atoms with E-state index in [1.165, 1.54) is 16.9 Å². The van der Waals surface area contributed by atoms with Crippen molar-refractivity contribution >= 4 is 39.0 Å².